The highest BCUT2D eigenvalue weighted by Crippen LogP contribution is 2.27. The molecule has 2 aliphatic rings. The molecule has 2 saturated heterocycles. The van der Waals surface area contributed by atoms with E-state index in [1.807, 2.05) is 6.20 Å². The number of piperazine rings is 1. The van der Waals surface area contributed by atoms with Gasteiger partial charge in [0.15, 0.2) is 0 Å². The van der Waals surface area contributed by atoms with Crippen LogP contribution in [0.25, 0.3) is 0 Å². The average Bonchev–Trinajstić information content (AvgIpc) is 2.98. The van der Waals surface area contributed by atoms with Crippen molar-refractivity contribution in [3.05, 3.63) is 17.7 Å². The SMILES string of the molecule is CC(c1ncc(C2CCOCC2)[nH]1)N1CCNCC1. The molecule has 2 aliphatic heterocycles. The van der Waals surface area contributed by atoms with E-state index < -0.39 is 0 Å². The molecule has 1 aromatic rings. The van der Waals surface area contributed by atoms with Crippen LogP contribution in [-0.4, -0.2) is 54.3 Å². The number of nitrogens with zero attached hydrogens (tertiary/aromatic N) is 2. The van der Waals surface area contributed by atoms with Gasteiger partial charge in [-0.25, -0.2) is 4.98 Å². The van der Waals surface area contributed by atoms with Crippen LogP contribution in [0.2, 0.25) is 0 Å². The topological polar surface area (TPSA) is 53.2 Å². The lowest BCUT2D eigenvalue weighted by Gasteiger charge is -2.31. The van der Waals surface area contributed by atoms with Crippen molar-refractivity contribution in [2.45, 2.75) is 31.7 Å². The van der Waals surface area contributed by atoms with Gasteiger partial charge in [0, 0.05) is 57.2 Å². The highest BCUT2D eigenvalue weighted by molar-refractivity contribution is 5.10. The Hall–Kier alpha value is -0.910. The van der Waals surface area contributed by atoms with Crippen molar-refractivity contribution in [3.63, 3.8) is 0 Å². The van der Waals surface area contributed by atoms with Crippen LogP contribution in [0.4, 0.5) is 0 Å². The zero-order chi connectivity index (χ0) is 13.1. The van der Waals surface area contributed by atoms with E-state index >= 15 is 0 Å². The second kappa shape index (κ2) is 6.03. The largest absolute Gasteiger partial charge is 0.381 e. The molecule has 3 rings (SSSR count). The predicted molar refractivity (Wildman–Crippen MR) is 74.2 cm³/mol. The summed E-state index contributed by atoms with van der Waals surface area (Å²) in [6, 6.07) is 0.385. The molecule has 0 saturated carbocycles. The lowest BCUT2D eigenvalue weighted by molar-refractivity contribution is 0.0845. The van der Waals surface area contributed by atoms with Gasteiger partial charge in [0.05, 0.1) is 6.04 Å². The maximum atomic E-state index is 5.42. The highest BCUT2D eigenvalue weighted by Gasteiger charge is 2.23. The monoisotopic (exact) mass is 264 g/mol. The number of rotatable bonds is 3. The molecule has 1 unspecified atom stereocenters. The van der Waals surface area contributed by atoms with Gasteiger partial charge in [0.2, 0.25) is 0 Å². The Morgan fingerprint density at radius 3 is 2.79 bits per heavy atom. The van der Waals surface area contributed by atoms with Crippen LogP contribution in [0, 0.1) is 0 Å². The summed E-state index contributed by atoms with van der Waals surface area (Å²) in [5, 5.41) is 3.39. The van der Waals surface area contributed by atoms with Crippen LogP contribution in [0.1, 0.15) is 43.2 Å². The van der Waals surface area contributed by atoms with Gasteiger partial charge in [-0.2, -0.15) is 0 Å². The number of hydrogen-bond donors (Lipinski definition) is 2. The summed E-state index contributed by atoms with van der Waals surface area (Å²) in [4.78, 5) is 10.6. The van der Waals surface area contributed by atoms with E-state index in [2.05, 4.69) is 27.1 Å². The summed E-state index contributed by atoms with van der Waals surface area (Å²) in [5.41, 5.74) is 1.29. The minimum absolute atomic E-state index is 0.385. The van der Waals surface area contributed by atoms with Crippen LogP contribution in [0.5, 0.6) is 0 Å². The number of hydrogen-bond acceptors (Lipinski definition) is 4. The summed E-state index contributed by atoms with van der Waals surface area (Å²) < 4.78 is 5.42. The number of aromatic nitrogens is 2. The molecule has 0 aliphatic carbocycles. The van der Waals surface area contributed by atoms with Gasteiger partial charge >= 0.3 is 0 Å². The molecular weight excluding hydrogens is 240 g/mol. The van der Waals surface area contributed by atoms with Gasteiger partial charge in [-0.1, -0.05) is 0 Å². The van der Waals surface area contributed by atoms with E-state index in [0.29, 0.717) is 12.0 Å². The van der Waals surface area contributed by atoms with Crippen molar-refractivity contribution in [1.29, 1.82) is 0 Å². The Balaban J connectivity index is 1.65. The molecule has 5 nitrogen and oxygen atoms in total. The second-order valence-electron chi connectivity index (χ2n) is 5.57. The fraction of sp³-hybridized carbons (Fsp3) is 0.786. The summed E-state index contributed by atoms with van der Waals surface area (Å²) in [6.07, 6.45) is 4.26. The number of aromatic amines is 1. The molecule has 0 amide bonds. The zero-order valence-electron chi connectivity index (χ0n) is 11.7. The van der Waals surface area contributed by atoms with Gasteiger partial charge in [-0.3, -0.25) is 4.90 Å². The average molecular weight is 264 g/mol. The van der Waals surface area contributed by atoms with E-state index in [0.717, 1.165) is 58.1 Å². The fourth-order valence-electron chi connectivity index (χ4n) is 3.02. The molecule has 0 radical (unpaired) electrons. The van der Waals surface area contributed by atoms with Crippen LogP contribution < -0.4 is 5.32 Å². The third-order valence-corrected chi connectivity index (χ3v) is 4.37. The second-order valence-corrected chi connectivity index (χ2v) is 5.57. The van der Waals surface area contributed by atoms with E-state index in [9.17, 15) is 0 Å². The molecule has 2 fully saturated rings. The Kier molecular flexibility index (Phi) is 4.15. The minimum atomic E-state index is 0.385. The molecule has 3 heterocycles. The Morgan fingerprint density at radius 1 is 1.32 bits per heavy atom. The summed E-state index contributed by atoms with van der Waals surface area (Å²) in [6.45, 7) is 8.38. The summed E-state index contributed by atoms with van der Waals surface area (Å²) >= 11 is 0. The van der Waals surface area contributed by atoms with Gasteiger partial charge in [-0.05, 0) is 19.8 Å². The molecular formula is C14H24N4O. The molecule has 0 aromatic carbocycles. The van der Waals surface area contributed by atoms with Crippen LogP contribution in [0.15, 0.2) is 6.20 Å². The number of H-pyrrole nitrogens is 1. The molecule has 0 bridgehead atoms. The standard InChI is InChI=1S/C14H24N4O/c1-11(18-6-4-15-5-7-18)14-16-10-13(17-14)12-2-8-19-9-3-12/h10-12,15H,2-9H2,1H3,(H,16,17). The van der Waals surface area contributed by atoms with Crippen molar-refractivity contribution < 1.29 is 4.74 Å². The van der Waals surface area contributed by atoms with E-state index in [4.69, 9.17) is 4.74 Å². The van der Waals surface area contributed by atoms with Crippen LogP contribution in [-0.2, 0) is 4.74 Å². The van der Waals surface area contributed by atoms with Crippen molar-refractivity contribution in [1.82, 2.24) is 20.2 Å². The Bertz CT molecular complexity index is 394. The molecule has 0 spiro atoms. The minimum Gasteiger partial charge on any atom is -0.381 e. The first kappa shape index (κ1) is 13.1. The normalized spacial score (nSPS) is 24.5. The Labute approximate surface area is 114 Å². The van der Waals surface area contributed by atoms with Crippen LogP contribution >= 0.6 is 0 Å². The van der Waals surface area contributed by atoms with Crippen molar-refractivity contribution in [2.24, 2.45) is 0 Å². The Morgan fingerprint density at radius 2 is 2.05 bits per heavy atom. The van der Waals surface area contributed by atoms with Crippen molar-refractivity contribution in [3.8, 4) is 0 Å². The van der Waals surface area contributed by atoms with Gasteiger partial charge in [0.25, 0.3) is 0 Å². The van der Waals surface area contributed by atoms with Crippen molar-refractivity contribution >= 4 is 0 Å². The predicted octanol–water partition coefficient (Wildman–Crippen LogP) is 1.27. The van der Waals surface area contributed by atoms with Gasteiger partial charge < -0.3 is 15.0 Å². The number of ether oxygens (including phenoxy) is 1. The fourth-order valence-corrected chi connectivity index (χ4v) is 3.02. The summed E-state index contributed by atoms with van der Waals surface area (Å²) in [7, 11) is 0. The molecule has 1 aromatic heterocycles. The molecule has 106 valence electrons. The number of imidazole rings is 1. The van der Waals surface area contributed by atoms with E-state index in [-0.39, 0.29) is 0 Å². The molecule has 2 N–H and O–H groups in total. The first-order valence-corrected chi connectivity index (χ1v) is 7.42. The highest BCUT2D eigenvalue weighted by atomic mass is 16.5. The lowest BCUT2D eigenvalue weighted by Crippen LogP contribution is -2.44. The maximum Gasteiger partial charge on any atom is 0.123 e. The van der Waals surface area contributed by atoms with Crippen LogP contribution in [0.3, 0.4) is 0 Å². The maximum absolute atomic E-state index is 5.42. The molecule has 1 atom stereocenters. The summed E-state index contributed by atoms with van der Waals surface area (Å²) in [5.74, 6) is 1.72. The number of nitrogens with one attached hydrogen (secondary N) is 2. The quantitative estimate of drug-likeness (QED) is 0.863. The van der Waals surface area contributed by atoms with Gasteiger partial charge in [-0.15, -0.1) is 0 Å². The zero-order valence-corrected chi connectivity index (χ0v) is 11.7. The first-order chi connectivity index (χ1) is 9.34. The van der Waals surface area contributed by atoms with E-state index in [1.165, 1.54) is 5.69 Å². The van der Waals surface area contributed by atoms with E-state index in [1.54, 1.807) is 0 Å². The third-order valence-electron chi connectivity index (χ3n) is 4.37. The lowest BCUT2D eigenvalue weighted by atomic mass is 9.97. The van der Waals surface area contributed by atoms with Gasteiger partial charge in [0.1, 0.15) is 5.82 Å². The molecule has 5 heteroatoms. The van der Waals surface area contributed by atoms with Crippen molar-refractivity contribution in [2.75, 3.05) is 39.4 Å². The molecule has 19 heavy (non-hydrogen) atoms. The smallest absolute Gasteiger partial charge is 0.123 e. The first-order valence-electron chi connectivity index (χ1n) is 7.42. The third kappa shape index (κ3) is 2.99.